The molecule has 0 aromatic carbocycles. The molecule has 3 nitrogen and oxygen atoms in total. The normalized spacial score (nSPS) is 13.2. The Hall–Kier alpha value is -0.930. The summed E-state index contributed by atoms with van der Waals surface area (Å²) >= 11 is 0. The molecule has 0 saturated carbocycles. The van der Waals surface area contributed by atoms with Crippen LogP contribution in [0.2, 0.25) is 0 Å². The van der Waals surface area contributed by atoms with Gasteiger partial charge in [0, 0.05) is 18.8 Å². The van der Waals surface area contributed by atoms with Gasteiger partial charge in [-0.25, -0.2) is 0 Å². The van der Waals surface area contributed by atoms with Crippen LogP contribution in [-0.4, -0.2) is 35.2 Å². The number of aromatic nitrogens is 1. The zero-order chi connectivity index (χ0) is 9.68. The van der Waals surface area contributed by atoms with E-state index in [0.29, 0.717) is 6.54 Å². The molecule has 0 spiro atoms. The summed E-state index contributed by atoms with van der Waals surface area (Å²) < 4.78 is 0. The number of rotatable bonds is 4. The molecule has 0 amide bonds. The molecule has 0 bridgehead atoms. The number of aliphatic hydroxyl groups is 1. The van der Waals surface area contributed by atoms with E-state index in [1.165, 1.54) is 0 Å². The molecule has 1 aromatic rings. The standard InChI is InChI=1S/C10H16N2O/c1-9(12(2)7-8-13)10-5-3-4-6-11-10/h3-6,9,13H,7-8H2,1-2H3/t9-/m1/s1. The van der Waals surface area contributed by atoms with E-state index in [0.717, 1.165) is 5.69 Å². The predicted octanol–water partition coefficient (Wildman–Crippen LogP) is 1.07. The summed E-state index contributed by atoms with van der Waals surface area (Å²) in [5.74, 6) is 0. The third-order valence-electron chi connectivity index (χ3n) is 2.23. The van der Waals surface area contributed by atoms with Crippen LogP contribution in [-0.2, 0) is 0 Å². The first-order chi connectivity index (χ1) is 6.25. The third kappa shape index (κ3) is 2.79. The minimum atomic E-state index is 0.188. The first-order valence-electron chi connectivity index (χ1n) is 4.47. The summed E-state index contributed by atoms with van der Waals surface area (Å²) in [6, 6.07) is 6.14. The molecule has 0 aliphatic carbocycles. The summed E-state index contributed by atoms with van der Waals surface area (Å²) in [4.78, 5) is 6.33. The Morgan fingerprint density at radius 3 is 2.85 bits per heavy atom. The molecular formula is C10H16N2O. The Balaban J connectivity index is 2.62. The molecule has 72 valence electrons. The fourth-order valence-corrected chi connectivity index (χ4v) is 1.20. The Bertz CT molecular complexity index is 238. The van der Waals surface area contributed by atoms with E-state index in [4.69, 9.17) is 5.11 Å². The predicted molar refractivity (Wildman–Crippen MR) is 52.4 cm³/mol. The van der Waals surface area contributed by atoms with Crippen LogP contribution < -0.4 is 0 Å². The van der Waals surface area contributed by atoms with Gasteiger partial charge in [0.2, 0.25) is 0 Å². The highest BCUT2D eigenvalue weighted by atomic mass is 16.3. The van der Waals surface area contributed by atoms with Gasteiger partial charge in [-0.1, -0.05) is 6.07 Å². The molecule has 0 saturated heterocycles. The lowest BCUT2D eigenvalue weighted by Gasteiger charge is -2.22. The SMILES string of the molecule is C[C@H](c1ccccn1)N(C)CCO. The average molecular weight is 180 g/mol. The maximum absolute atomic E-state index is 8.77. The van der Waals surface area contributed by atoms with Gasteiger partial charge >= 0.3 is 0 Å². The van der Waals surface area contributed by atoms with Gasteiger partial charge in [0.25, 0.3) is 0 Å². The molecule has 0 aliphatic rings. The fourth-order valence-electron chi connectivity index (χ4n) is 1.20. The van der Waals surface area contributed by atoms with Crippen LogP contribution in [0.15, 0.2) is 24.4 Å². The molecule has 0 fully saturated rings. The highest BCUT2D eigenvalue weighted by Crippen LogP contribution is 2.14. The second-order valence-corrected chi connectivity index (χ2v) is 3.13. The quantitative estimate of drug-likeness (QED) is 0.753. The molecule has 1 rings (SSSR count). The lowest BCUT2D eigenvalue weighted by atomic mass is 10.2. The average Bonchev–Trinajstić information content (AvgIpc) is 2.18. The maximum Gasteiger partial charge on any atom is 0.0572 e. The molecule has 13 heavy (non-hydrogen) atoms. The second-order valence-electron chi connectivity index (χ2n) is 3.13. The second kappa shape index (κ2) is 4.94. The van der Waals surface area contributed by atoms with E-state index in [-0.39, 0.29) is 12.6 Å². The van der Waals surface area contributed by atoms with Crippen LogP contribution in [0.25, 0.3) is 0 Å². The van der Waals surface area contributed by atoms with Gasteiger partial charge in [0.1, 0.15) is 0 Å². The molecule has 1 aromatic heterocycles. The van der Waals surface area contributed by atoms with Crippen molar-refractivity contribution in [1.29, 1.82) is 0 Å². The van der Waals surface area contributed by atoms with Crippen LogP contribution >= 0.6 is 0 Å². The number of hydrogen-bond acceptors (Lipinski definition) is 3. The van der Waals surface area contributed by atoms with Gasteiger partial charge in [-0.15, -0.1) is 0 Å². The lowest BCUT2D eigenvalue weighted by molar-refractivity contribution is 0.186. The van der Waals surface area contributed by atoms with Crippen molar-refractivity contribution in [1.82, 2.24) is 9.88 Å². The molecular weight excluding hydrogens is 164 g/mol. The van der Waals surface area contributed by atoms with Gasteiger partial charge in [-0.3, -0.25) is 9.88 Å². The van der Waals surface area contributed by atoms with Gasteiger partial charge in [0.05, 0.1) is 12.3 Å². The van der Waals surface area contributed by atoms with Crippen molar-refractivity contribution >= 4 is 0 Å². The summed E-state index contributed by atoms with van der Waals surface area (Å²) in [6.45, 7) is 2.95. The Morgan fingerprint density at radius 2 is 2.31 bits per heavy atom. The highest BCUT2D eigenvalue weighted by Gasteiger charge is 2.10. The summed E-state index contributed by atoms with van der Waals surface area (Å²) in [5, 5.41) is 8.77. The van der Waals surface area contributed by atoms with Crippen LogP contribution in [0.5, 0.6) is 0 Å². The van der Waals surface area contributed by atoms with Crippen molar-refractivity contribution in [3.05, 3.63) is 30.1 Å². The number of nitrogens with zero attached hydrogens (tertiary/aromatic N) is 2. The van der Waals surface area contributed by atoms with Crippen molar-refractivity contribution in [2.45, 2.75) is 13.0 Å². The minimum absolute atomic E-state index is 0.188. The van der Waals surface area contributed by atoms with Gasteiger partial charge in [0.15, 0.2) is 0 Å². The lowest BCUT2D eigenvalue weighted by Crippen LogP contribution is -2.26. The monoisotopic (exact) mass is 180 g/mol. The molecule has 0 radical (unpaired) electrons. The number of hydrogen-bond donors (Lipinski definition) is 1. The van der Waals surface area contributed by atoms with E-state index in [1.807, 2.05) is 25.2 Å². The highest BCUT2D eigenvalue weighted by molar-refractivity contribution is 5.07. The smallest absolute Gasteiger partial charge is 0.0572 e. The van der Waals surface area contributed by atoms with Crippen LogP contribution in [0.1, 0.15) is 18.7 Å². The van der Waals surface area contributed by atoms with Crippen LogP contribution in [0.3, 0.4) is 0 Å². The van der Waals surface area contributed by atoms with E-state index >= 15 is 0 Å². The maximum atomic E-state index is 8.77. The number of pyridine rings is 1. The fraction of sp³-hybridized carbons (Fsp3) is 0.500. The summed E-state index contributed by atoms with van der Waals surface area (Å²) in [5.41, 5.74) is 1.04. The van der Waals surface area contributed by atoms with Crippen LogP contribution in [0.4, 0.5) is 0 Å². The molecule has 1 N–H and O–H groups in total. The zero-order valence-corrected chi connectivity index (χ0v) is 8.14. The van der Waals surface area contributed by atoms with Crippen molar-refractivity contribution < 1.29 is 5.11 Å². The van der Waals surface area contributed by atoms with E-state index in [9.17, 15) is 0 Å². The van der Waals surface area contributed by atoms with E-state index in [1.54, 1.807) is 6.20 Å². The molecule has 3 heteroatoms. The summed E-state index contributed by atoms with van der Waals surface area (Å²) in [6.07, 6.45) is 1.79. The van der Waals surface area contributed by atoms with Crippen molar-refractivity contribution in [3.63, 3.8) is 0 Å². The molecule has 0 aliphatic heterocycles. The third-order valence-corrected chi connectivity index (χ3v) is 2.23. The Morgan fingerprint density at radius 1 is 1.54 bits per heavy atom. The molecule has 0 unspecified atom stereocenters. The van der Waals surface area contributed by atoms with Crippen molar-refractivity contribution in [2.24, 2.45) is 0 Å². The van der Waals surface area contributed by atoms with E-state index < -0.39 is 0 Å². The summed E-state index contributed by atoms with van der Waals surface area (Å²) in [7, 11) is 1.98. The van der Waals surface area contributed by atoms with E-state index in [2.05, 4.69) is 16.8 Å². The minimum Gasteiger partial charge on any atom is -0.395 e. The Kier molecular flexibility index (Phi) is 3.86. The first-order valence-corrected chi connectivity index (χ1v) is 4.47. The zero-order valence-electron chi connectivity index (χ0n) is 8.14. The van der Waals surface area contributed by atoms with Gasteiger partial charge in [-0.05, 0) is 26.1 Å². The van der Waals surface area contributed by atoms with Crippen molar-refractivity contribution in [2.75, 3.05) is 20.2 Å². The van der Waals surface area contributed by atoms with Crippen molar-refractivity contribution in [3.8, 4) is 0 Å². The van der Waals surface area contributed by atoms with Crippen LogP contribution in [0, 0.1) is 0 Å². The molecule has 1 atom stereocenters. The first kappa shape index (κ1) is 10.2. The number of aliphatic hydroxyl groups excluding tert-OH is 1. The Labute approximate surface area is 79.0 Å². The number of likely N-dealkylation sites (N-methyl/N-ethyl adjacent to an activating group) is 1. The van der Waals surface area contributed by atoms with Gasteiger partial charge in [-0.2, -0.15) is 0 Å². The molecule has 1 heterocycles. The topological polar surface area (TPSA) is 36.4 Å². The largest absolute Gasteiger partial charge is 0.395 e. The van der Waals surface area contributed by atoms with Gasteiger partial charge < -0.3 is 5.11 Å².